The molecule has 5 nitrogen and oxygen atoms in total. The molecular formula is C16H35NO4. The average molecular weight is 305 g/mol. The summed E-state index contributed by atoms with van der Waals surface area (Å²) in [6.07, 6.45) is 3.08. The van der Waals surface area contributed by atoms with Gasteiger partial charge in [0.1, 0.15) is 11.6 Å². The number of carboxylic acids is 1. The third-order valence-corrected chi connectivity index (χ3v) is 2.21. The number of carbonyl (C=O) groups is 2. The lowest BCUT2D eigenvalue weighted by molar-refractivity contribution is -0.141. The quantitative estimate of drug-likeness (QED) is 0.790. The summed E-state index contributed by atoms with van der Waals surface area (Å²) in [4.78, 5) is 21.8. The average Bonchev–Trinajstić information content (AvgIpc) is 2.78. The van der Waals surface area contributed by atoms with Crippen molar-refractivity contribution in [3.05, 3.63) is 0 Å². The van der Waals surface area contributed by atoms with Crippen molar-refractivity contribution in [3.8, 4) is 0 Å². The summed E-state index contributed by atoms with van der Waals surface area (Å²) < 4.78 is 4.55. The molecule has 1 rings (SSSR count). The van der Waals surface area contributed by atoms with E-state index in [1.165, 1.54) is 6.42 Å². The standard InChI is InChI=1S/C6H11NO2.C5H10O2.C3H8.C2H6/c1-7-4-2-3-5(7)6(8)9;1-5(2,3)7-4-6;1-3-2;1-2/h5H,2-4H2,1H3,(H,8,9);4H,1-3H3;3H2,1-2H3;1-2H3. The molecule has 0 aliphatic carbocycles. The number of likely N-dealkylation sites (N-methyl/N-ethyl adjacent to an activating group) is 1. The fourth-order valence-electron chi connectivity index (χ4n) is 1.37. The third kappa shape index (κ3) is 18.9. The largest absolute Gasteiger partial charge is 0.480 e. The molecule has 1 fully saturated rings. The second-order valence-corrected chi connectivity index (χ2v) is 5.51. The predicted octanol–water partition coefficient (Wildman–Crippen LogP) is 3.57. The molecule has 0 amide bonds. The highest BCUT2D eigenvalue weighted by molar-refractivity contribution is 5.73. The molecule has 1 atom stereocenters. The van der Waals surface area contributed by atoms with Crippen LogP contribution in [0.5, 0.6) is 0 Å². The molecule has 0 aromatic rings. The Morgan fingerprint density at radius 3 is 1.86 bits per heavy atom. The van der Waals surface area contributed by atoms with E-state index in [4.69, 9.17) is 5.11 Å². The lowest BCUT2D eigenvalue weighted by Crippen LogP contribution is -2.32. The second-order valence-electron chi connectivity index (χ2n) is 5.51. The Hall–Kier alpha value is -1.10. The van der Waals surface area contributed by atoms with Crippen LogP contribution < -0.4 is 0 Å². The molecule has 21 heavy (non-hydrogen) atoms. The van der Waals surface area contributed by atoms with Gasteiger partial charge < -0.3 is 9.84 Å². The number of carboxylic acid groups (broad SMARTS) is 1. The van der Waals surface area contributed by atoms with Crippen molar-refractivity contribution in [3.63, 3.8) is 0 Å². The minimum atomic E-state index is -0.685. The minimum absolute atomic E-state index is 0.218. The molecule has 1 saturated heterocycles. The lowest BCUT2D eigenvalue weighted by atomic mass is 10.2. The van der Waals surface area contributed by atoms with Gasteiger partial charge in [-0.25, -0.2) is 0 Å². The van der Waals surface area contributed by atoms with Crippen molar-refractivity contribution < 1.29 is 19.4 Å². The Morgan fingerprint density at radius 2 is 1.76 bits per heavy atom. The Labute approximate surface area is 130 Å². The van der Waals surface area contributed by atoms with Gasteiger partial charge in [-0.1, -0.05) is 34.1 Å². The molecule has 1 aliphatic rings. The van der Waals surface area contributed by atoms with Gasteiger partial charge in [-0.15, -0.1) is 0 Å². The first kappa shape index (κ1) is 24.9. The number of hydrogen-bond donors (Lipinski definition) is 1. The molecule has 1 heterocycles. The molecule has 1 N–H and O–H groups in total. The van der Waals surface area contributed by atoms with E-state index in [-0.39, 0.29) is 11.6 Å². The van der Waals surface area contributed by atoms with Gasteiger partial charge in [-0.05, 0) is 47.2 Å². The highest BCUT2D eigenvalue weighted by atomic mass is 16.5. The molecule has 0 aromatic carbocycles. The molecule has 0 saturated carbocycles. The molecule has 128 valence electrons. The van der Waals surface area contributed by atoms with Crippen molar-refractivity contribution in [2.24, 2.45) is 0 Å². The summed E-state index contributed by atoms with van der Waals surface area (Å²) in [5.41, 5.74) is -0.318. The minimum Gasteiger partial charge on any atom is -0.480 e. The first-order valence-corrected chi connectivity index (χ1v) is 7.74. The van der Waals surface area contributed by atoms with E-state index < -0.39 is 5.97 Å². The first-order chi connectivity index (χ1) is 9.69. The van der Waals surface area contributed by atoms with Gasteiger partial charge in [0.05, 0.1) is 0 Å². The Morgan fingerprint density at radius 1 is 1.33 bits per heavy atom. The van der Waals surface area contributed by atoms with Gasteiger partial charge in [0.2, 0.25) is 0 Å². The zero-order chi connectivity index (χ0) is 17.5. The maximum atomic E-state index is 10.4. The maximum absolute atomic E-state index is 10.4. The van der Waals surface area contributed by atoms with Crippen LogP contribution in [0.25, 0.3) is 0 Å². The number of aliphatic carboxylic acids is 1. The summed E-state index contributed by atoms with van der Waals surface area (Å²) >= 11 is 0. The molecule has 0 spiro atoms. The van der Waals surface area contributed by atoms with Crippen molar-refractivity contribution in [1.29, 1.82) is 0 Å². The van der Waals surface area contributed by atoms with Crippen LogP contribution >= 0.6 is 0 Å². The number of nitrogens with zero attached hydrogens (tertiary/aromatic N) is 1. The van der Waals surface area contributed by atoms with Crippen LogP contribution in [0, 0.1) is 0 Å². The van der Waals surface area contributed by atoms with Gasteiger partial charge in [0.25, 0.3) is 6.47 Å². The molecule has 0 radical (unpaired) electrons. The summed E-state index contributed by atoms with van der Waals surface area (Å²) in [6, 6.07) is -0.218. The van der Waals surface area contributed by atoms with E-state index in [0.29, 0.717) is 6.47 Å². The Kier molecular flexibility index (Phi) is 18.1. The van der Waals surface area contributed by atoms with Crippen LogP contribution in [0.1, 0.15) is 67.7 Å². The number of hydrogen-bond acceptors (Lipinski definition) is 4. The van der Waals surface area contributed by atoms with Crippen LogP contribution in [0.4, 0.5) is 0 Å². The number of likely N-dealkylation sites (tertiary alicyclic amines) is 1. The zero-order valence-corrected chi connectivity index (χ0v) is 15.1. The fourth-order valence-corrected chi connectivity index (χ4v) is 1.37. The topological polar surface area (TPSA) is 66.8 Å². The van der Waals surface area contributed by atoms with Crippen LogP contribution in [-0.4, -0.2) is 47.7 Å². The normalized spacial score (nSPS) is 17.0. The van der Waals surface area contributed by atoms with Gasteiger partial charge in [-0.3, -0.25) is 14.5 Å². The van der Waals surface area contributed by atoms with E-state index in [2.05, 4.69) is 18.6 Å². The van der Waals surface area contributed by atoms with Crippen LogP contribution in [0.15, 0.2) is 0 Å². The van der Waals surface area contributed by atoms with E-state index >= 15 is 0 Å². The van der Waals surface area contributed by atoms with Crippen LogP contribution in [0.3, 0.4) is 0 Å². The Balaban J connectivity index is -0.000000242. The SMILES string of the molecule is CC.CC(C)(C)OC=O.CCC.CN1CCCC1C(=O)O. The first-order valence-electron chi connectivity index (χ1n) is 7.74. The lowest BCUT2D eigenvalue weighted by Gasteiger charge is -2.14. The number of rotatable bonds is 2. The van der Waals surface area contributed by atoms with Crippen LogP contribution in [-0.2, 0) is 14.3 Å². The highest BCUT2D eigenvalue weighted by Gasteiger charge is 2.26. The van der Waals surface area contributed by atoms with Crippen molar-refractivity contribution in [2.45, 2.75) is 79.4 Å². The molecular weight excluding hydrogens is 270 g/mol. The van der Waals surface area contributed by atoms with Gasteiger partial charge in [-0.2, -0.15) is 0 Å². The number of carbonyl (C=O) groups excluding carboxylic acids is 1. The summed E-state index contributed by atoms with van der Waals surface area (Å²) in [5.74, 6) is -0.685. The van der Waals surface area contributed by atoms with Crippen molar-refractivity contribution in [2.75, 3.05) is 13.6 Å². The monoisotopic (exact) mass is 305 g/mol. The second kappa shape index (κ2) is 15.3. The van der Waals surface area contributed by atoms with Crippen molar-refractivity contribution >= 4 is 12.4 Å². The van der Waals surface area contributed by atoms with Gasteiger partial charge >= 0.3 is 5.97 Å². The van der Waals surface area contributed by atoms with Gasteiger partial charge in [0, 0.05) is 0 Å². The third-order valence-electron chi connectivity index (χ3n) is 2.21. The fraction of sp³-hybridized carbons (Fsp3) is 0.875. The summed E-state index contributed by atoms with van der Waals surface area (Å²) in [5, 5.41) is 8.54. The number of ether oxygens (including phenoxy) is 1. The highest BCUT2D eigenvalue weighted by Crippen LogP contribution is 2.13. The molecule has 0 bridgehead atoms. The zero-order valence-electron chi connectivity index (χ0n) is 15.1. The summed E-state index contributed by atoms with van der Waals surface area (Å²) in [6.45, 7) is 15.1. The summed E-state index contributed by atoms with van der Waals surface area (Å²) in [7, 11) is 1.85. The Bertz CT molecular complexity index is 249. The smallest absolute Gasteiger partial charge is 0.320 e. The molecule has 1 aliphatic heterocycles. The molecule has 1 unspecified atom stereocenters. The molecule has 0 aromatic heterocycles. The van der Waals surface area contributed by atoms with E-state index in [1.807, 2.05) is 46.6 Å². The maximum Gasteiger partial charge on any atom is 0.320 e. The van der Waals surface area contributed by atoms with Crippen LogP contribution in [0.2, 0.25) is 0 Å². The van der Waals surface area contributed by atoms with E-state index in [9.17, 15) is 9.59 Å². The predicted molar refractivity (Wildman–Crippen MR) is 87.5 cm³/mol. The van der Waals surface area contributed by atoms with Crippen molar-refractivity contribution in [1.82, 2.24) is 4.90 Å². The molecule has 5 heteroatoms. The van der Waals surface area contributed by atoms with Gasteiger partial charge in [0.15, 0.2) is 0 Å². The van der Waals surface area contributed by atoms with E-state index in [1.54, 1.807) is 0 Å². The van der Waals surface area contributed by atoms with E-state index in [0.717, 1.165) is 19.4 Å².